The van der Waals surface area contributed by atoms with E-state index < -0.39 is 5.97 Å². The number of hydrogen-bond donors (Lipinski definition) is 1. The fourth-order valence-electron chi connectivity index (χ4n) is 2.19. The number of H-pyrrole nitrogens is 1. The number of nitrogens with one attached hydrogen (secondary N) is 1. The van der Waals surface area contributed by atoms with Crippen molar-refractivity contribution in [2.45, 2.75) is 6.92 Å². The predicted molar refractivity (Wildman–Crippen MR) is 81.1 cm³/mol. The molecule has 0 unspecified atom stereocenters. The summed E-state index contributed by atoms with van der Waals surface area (Å²) in [7, 11) is 1.36. The standard InChI is InChI=1S/C16H14N4O2/c1-10-3-5-11(6-4-10)12-7-13(15-17-19-20-18-15)9-14(8-12)16(21)22-2/h3-9H,1-2H3,(H,17,18,19,20). The number of benzene rings is 2. The van der Waals surface area contributed by atoms with Gasteiger partial charge in [0, 0.05) is 5.56 Å². The normalized spacial score (nSPS) is 10.5. The zero-order chi connectivity index (χ0) is 15.5. The van der Waals surface area contributed by atoms with Crippen molar-refractivity contribution in [3.8, 4) is 22.5 Å². The van der Waals surface area contributed by atoms with Crippen LogP contribution in [0.2, 0.25) is 0 Å². The molecule has 3 aromatic rings. The molecule has 6 nitrogen and oxygen atoms in total. The number of esters is 1. The third-order valence-corrected chi connectivity index (χ3v) is 3.34. The van der Waals surface area contributed by atoms with E-state index in [1.54, 1.807) is 12.1 Å². The van der Waals surface area contributed by atoms with Gasteiger partial charge in [0.05, 0.1) is 12.7 Å². The molecule has 0 aliphatic carbocycles. The van der Waals surface area contributed by atoms with Crippen molar-refractivity contribution in [3.05, 3.63) is 53.6 Å². The Labute approximate surface area is 127 Å². The zero-order valence-corrected chi connectivity index (χ0v) is 12.2. The minimum absolute atomic E-state index is 0.404. The van der Waals surface area contributed by atoms with Crippen LogP contribution >= 0.6 is 0 Å². The number of tetrazole rings is 1. The topological polar surface area (TPSA) is 80.8 Å². The van der Waals surface area contributed by atoms with Gasteiger partial charge < -0.3 is 4.74 Å². The van der Waals surface area contributed by atoms with E-state index >= 15 is 0 Å². The fourth-order valence-corrected chi connectivity index (χ4v) is 2.19. The monoisotopic (exact) mass is 294 g/mol. The van der Waals surface area contributed by atoms with Gasteiger partial charge in [0.15, 0.2) is 0 Å². The molecule has 0 fully saturated rings. The first-order valence-corrected chi connectivity index (χ1v) is 6.71. The lowest BCUT2D eigenvalue weighted by Gasteiger charge is -2.08. The Hall–Kier alpha value is -3.02. The summed E-state index contributed by atoms with van der Waals surface area (Å²) in [5, 5.41) is 13.9. The molecule has 1 N–H and O–H groups in total. The molecule has 0 aliphatic heterocycles. The van der Waals surface area contributed by atoms with E-state index in [1.807, 2.05) is 37.3 Å². The highest BCUT2D eigenvalue weighted by Gasteiger charge is 2.13. The fraction of sp³-hybridized carbons (Fsp3) is 0.125. The number of carbonyl (C=O) groups excluding carboxylic acids is 1. The molecule has 0 bridgehead atoms. The van der Waals surface area contributed by atoms with Gasteiger partial charge in [-0.1, -0.05) is 29.8 Å². The molecular weight excluding hydrogens is 280 g/mol. The summed E-state index contributed by atoms with van der Waals surface area (Å²) in [6.45, 7) is 2.03. The maximum atomic E-state index is 11.9. The number of hydrogen-bond acceptors (Lipinski definition) is 5. The highest BCUT2D eigenvalue weighted by molar-refractivity contribution is 5.93. The highest BCUT2D eigenvalue weighted by atomic mass is 16.5. The van der Waals surface area contributed by atoms with E-state index in [0.717, 1.165) is 11.1 Å². The Morgan fingerprint density at radius 1 is 1.05 bits per heavy atom. The maximum Gasteiger partial charge on any atom is 0.337 e. The van der Waals surface area contributed by atoms with E-state index in [4.69, 9.17) is 4.74 Å². The van der Waals surface area contributed by atoms with Crippen LogP contribution in [0.15, 0.2) is 42.5 Å². The van der Waals surface area contributed by atoms with Gasteiger partial charge in [-0.3, -0.25) is 0 Å². The van der Waals surface area contributed by atoms with Crippen molar-refractivity contribution in [1.82, 2.24) is 20.6 Å². The van der Waals surface area contributed by atoms with Gasteiger partial charge in [-0.25, -0.2) is 4.79 Å². The van der Waals surface area contributed by atoms with Gasteiger partial charge in [-0.05, 0) is 41.5 Å². The Kier molecular flexibility index (Phi) is 3.65. The molecule has 6 heteroatoms. The summed E-state index contributed by atoms with van der Waals surface area (Å²) >= 11 is 0. The largest absolute Gasteiger partial charge is 0.465 e. The smallest absolute Gasteiger partial charge is 0.337 e. The van der Waals surface area contributed by atoms with Gasteiger partial charge in [0.25, 0.3) is 0 Å². The molecule has 2 aromatic carbocycles. The van der Waals surface area contributed by atoms with Gasteiger partial charge in [0.2, 0.25) is 5.82 Å². The number of aromatic amines is 1. The third kappa shape index (κ3) is 2.71. The second-order valence-corrected chi connectivity index (χ2v) is 4.89. The molecule has 0 saturated carbocycles. The van der Waals surface area contributed by atoms with E-state index in [0.29, 0.717) is 17.0 Å². The van der Waals surface area contributed by atoms with Gasteiger partial charge in [-0.15, -0.1) is 10.2 Å². The van der Waals surface area contributed by atoms with E-state index in [2.05, 4.69) is 20.6 Å². The summed E-state index contributed by atoms with van der Waals surface area (Å²) < 4.78 is 4.82. The van der Waals surface area contributed by atoms with Crippen LogP contribution in [0.5, 0.6) is 0 Å². The van der Waals surface area contributed by atoms with Crippen LogP contribution in [0.25, 0.3) is 22.5 Å². The molecule has 0 atom stereocenters. The Bertz CT molecular complexity index is 796. The maximum absolute atomic E-state index is 11.9. The molecule has 0 spiro atoms. The molecule has 0 amide bonds. The molecular formula is C16H14N4O2. The van der Waals surface area contributed by atoms with Crippen LogP contribution in [0.1, 0.15) is 15.9 Å². The molecule has 22 heavy (non-hydrogen) atoms. The number of rotatable bonds is 3. The second-order valence-electron chi connectivity index (χ2n) is 4.89. The number of aromatic nitrogens is 4. The minimum Gasteiger partial charge on any atom is -0.465 e. The zero-order valence-electron chi connectivity index (χ0n) is 12.2. The number of aryl methyl sites for hydroxylation is 1. The lowest BCUT2D eigenvalue weighted by molar-refractivity contribution is 0.0601. The lowest BCUT2D eigenvalue weighted by Crippen LogP contribution is -2.02. The van der Waals surface area contributed by atoms with Gasteiger partial charge in [0.1, 0.15) is 0 Å². The average Bonchev–Trinajstić information content (AvgIpc) is 3.09. The molecule has 0 radical (unpaired) electrons. The van der Waals surface area contributed by atoms with Crippen molar-refractivity contribution in [2.75, 3.05) is 7.11 Å². The van der Waals surface area contributed by atoms with Crippen molar-refractivity contribution < 1.29 is 9.53 Å². The van der Waals surface area contributed by atoms with Crippen LogP contribution in [0.4, 0.5) is 0 Å². The Morgan fingerprint density at radius 2 is 1.77 bits per heavy atom. The molecule has 1 heterocycles. The van der Waals surface area contributed by atoms with Crippen LogP contribution in [-0.2, 0) is 4.74 Å². The summed E-state index contributed by atoms with van der Waals surface area (Å²) in [5.41, 5.74) is 4.21. The summed E-state index contributed by atoms with van der Waals surface area (Å²) in [6, 6.07) is 13.5. The van der Waals surface area contributed by atoms with E-state index in [1.165, 1.54) is 12.7 Å². The van der Waals surface area contributed by atoms with Crippen LogP contribution in [0.3, 0.4) is 0 Å². The number of nitrogens with zero attached hydrogens (tertiary/aromatic N) is 3. The summed E-state index contributed by atoms with van der Waals surface area (Å²) in [6.07, 6.45) is 0. The lowest BCUT2D eigenvalue weighted by atomic mass is 9.98. The summed E-state index contributed by atoms with van der Waals surface area (Å²) in [4.78, 5) is 11.9. The first-order valence-electron chi connectivity index (χ1n) is 6.71. The van der Waals surface area contributed by atoms with Crippen molar-refractivity contribution in [1.29, 1.82) is 0 Å². The number of methoxy groups -OCH3 is 1. The second kappa shape index (κ2) is 5.77. The van der Waals surface area contributed by atoms with Crippen LogP contribution in [-0.4, -0.2) is 33.7 Å². The van der Waals surface area contributed by atoms with Gasteiger partial charge in [-0.2, -0.15) is 5.21 Å². The summed E-state index contributed by atoms with van der Waals surface area (Å²) in [5.74, 6) is 0.0258. The molecule has 1 aromatic heterocycles. The third-order valence-electron chi connectivity index (χ3n) is 3.34. The number of carbonyl (C=O) groups is 1. The Morgan fingerprint density at radius 3 is 2.41 bits per heavy atom. The highest BCUT2D eigenvalue weighted by Crippen LogP contribution is 2.27. The van der Waals surface area contributed by atoms with Crippen LogP contribution in [0, 0.1) is 6.92 Å². The minimum atomic E-state index is -0.404. The first kappa shape index (κ1) is 13.9. The van der Waals surface area contributed by atoms with E-state index in [9.17, 15) is 4.79 Å². The molecule has 3 rings (SSSR count). The SMILES string of the molecule is COC(=O)c1cc(-c2ccc(C)cc2)cc(-c2nn[nH]n2)c1. The average molecular weight is 294 g/mol. The molecule has 0 saturated heterocycles. The quantitative estimate of drug-likeness (QED) is 0.751. The molecule has 0 aliphatic rings. The first-order chi connectivity index (χ1) is 10.7. The van der Waals surface area contributed by atoms with E-state index in [-0.39, 0.29) is 0 Å². The Balaban J connectivity index is 2.14. The van der Waals surface area contributed by atoms with Crippen molar-refractivity contribution >= 4 is 5.97 Å². The van der Waals surface area contributed by atoms with Crippen molar-refractivity contribution in [2.24, 2.45) is 0 Å². The van der Waals surface area contributed by atoms with Gasteiger partial charge >= 0.3 is 5.97 Å². The predicted octanol–water partition coefficient (Wildman–Crippen LogP) is 2.63. The number of ether oxygens (including phenoxy) is 1. The molecule has 110 valence electrons. The van der Waals surface area contributed by atoms with Crippen molar-refractivity contribution in [3.63, 3.8) is 0 Å². The van der Waals surface area contributed by atoms with Crippen LogP contribution < -0.4 is 0 Å².